The van der Waals surface area contributed by atoms with Crippen LogP contribution >= 0.6 is 0 Å². The zero-order valence-electron chi connectivity index (χ0n) is 14.9. The molecule has 0 aliphatic carbocycles. The Kier molecular flexibility index (Phi) is 7.07. The number of benzene rings is 1. The van der Waals surface area contributed by atoms with Crippen molar-refractivity contribution in [1.82, 2.24) is 4.98 Å². The Morgan fingerprint density at radius 3 is 2.44 bits per heavy atom. The highest BCUT2D eigenvalue weighted by atomic mass is 16.5. The third-order valence-corrected chi connectivity index (χ3v) is 3.38. The summed E-state index contributed by atoms with van der Waals surface area (Å²) in [5.41, 5.74) is 0.700. The average molecular weight is 343 g/mol. The van der Waals surface area contributed by atoms with Gasteiger partial charge in [-0.3, -0.25) is 4.79 Å². The van der Waals surface area contributed by atoms with Crippen LogP contribution in [0.3, 0.4) is 0 Å². The normalized spacial score (nSPS) is 10.4. The van der Waals surface area contributed by atoms with Gasteiger partial charge in [0, 0.05) is 6.42 Å². The van der Waals surface area contributed by atoms with Gasteiger partial charge >= 0.3 is 0 Å². The second kappa shape index (κ2) is 9.52. The molecule has 0 saturated heterocycles. The molecule has 2 N–H and O–H groups in total. The first-order valence-electron chi connectivity index (χ1n) is 8.33. The maximum atomic E-state index is 11.7. The Morgan fingerprint density at radius 1 is 1.12 bits per heavy atom. The fourth-order valence-electron chi connectivity index (χ4n) is 2.18. The van der Waals surface area contributed by atoms with E-state index in [2.05, 4.69) is 15.6 Å². The Labute approximate surface area is 148 Å². The minimum atomic E-state index is 0.00500. The number of carbonyl (C=O) groups excluding carboxylic acids is 1. The largest absolute Gasteiger partial charge is 0.497 e. The fraction of sp³-hybridized carbons (Fsp3) is 0.368. The Bertz CT molecular complexity index is 655. The van der Waals surface area contributed by atoms with Crippen LogP contribution in [0.2, 0.25) is 0 Å². The third kappa shape index (κ3) is 6.71. The molecule has 25 heavy (non-hydrogen) atoms. The van der Waals surface area contributed by atoms with Gasteiger partial charge in [-0.25, -0.2) is 4.98 Å². The zero-order chi connectivity index (χ0) is 18.1. The second-order valence-electron chi connectivity index (χ2n) is 6.03. The van der Waals surface area contributed by atoms with E-state index in [9.17, 15) is 4.79 Å². The fourth-order valence-corrected chi connectivity index (χ4v) is 2.18. The summed E-state index contributed by atoms with van der Waals surface area (Å²) in [4.78, 5) is 16.0. The molecular formula is C19H25N3O3. The minimum Gasteiger partial charge on any atom is -0.497 e. The molecule has 0 fully saturated rings. The molecule has 0 aliphatic heterocycles. The van der Waals surface area contributed by atoms with Crippen molar-refractivity contribution < 1.29 is 14.3 Å². The molecule has 0 radical (unpaired) electrons. The van der Waals surface area contributed by atoms with Gasteiger partial charge in [-0.2, -0.15) is 0 Å². The van der Waals surface area contributed by atoms with Gasteiger partial charge in [-0.05, 0) is 42.3 Å². The van der Waals surface area contributed by atoms with Crippen LogP contribution in [0.25, 0.3) is 0 Å². The number of nitrogens with one attached hydrogen (secondary N) is 2. The maximum Gasteiger partial charge on any atom is 0.224 e. The number of methoxy groups -OCH3 is 1. The smallest absolute Gasteiger partial charge is 0.224 e. The summed E-state index contributed by atoms with van der Waals surface area (Å²) < 4.78 is 10.7. The van der Waals surface area contributed by atoms with Crippen LogP contribution in [-0.2, 0) is 4.79 Å². The summed E-state index contributed by atoms with van der Waals surface area (Å²) in [6, 6.07) is 11.1. The van der Waals surface area contributed by atoms with Crippen molar-refractivity contribution >= 4 is 17.4 Å². The summed E-state index contributed by atoms with van der Waals surface area (Å²) in [6.45, 7) is 5.16. The molecule has 1 amide bonds. The molecule has 0 atom stereocenters. The molecule has 1 heterocycles. The van der Waals surface area contributed by atoms with Gasteiger partial charge in [0.25, 0.3) is 0 Å². The molecule has 0 saturated carbocycles. The van der Waals surface area contributed by atoms with Gasteiger partial charge in [0.05, 0.1) is 25.5 Å². The Morgan fingerprint density at radius 2 is 1.84 bits per heavy atom. The first-order chi connectivity index (χ1) is 12.1. The monoisotopic (exact) mass is 343 g/mol. The molecule has 6 heteroatoms. The lowest BCUT2D eigenvalue weighted by atomic mass is 10.1. The summed E-state index contributed by atoms with van der Waals surface area (Å²) in [5, 5.41) is 6.01. The van der Waals surface area contributed by atoms with E-state index in [1.165, 1.54) is 0 Å². The van der Waals surface area contributed by atoms with Crippen LogP contribution < -0.4 is 20.1 Å². The van der Waals surface area contributed by atoms with E-state index in [1.54, 1.807) is 13.3 Å². The van der Waals surface area contributed by atoms with Crippen molar-refractivity contribution in [2.45, 2.75) is 20.3 Å². The lowest BCUT2D eigenvalue weighted by Crippen LogP contribution is -2.14. The number of rotatable bonds is 9. The van der Waals surface area contributed by atoms with Crippen molar-refractivity contribution in [2.24, 2.45) is 5.92 Å². The molecule has 0 unspecified atom stereocenters. The highest BCUT2D eigenvalue weighted by molar-refractivity contribution is 5.90. The Balaban J connectivity index is 1.71. The SMILES string of the molecule is COc1ccc(OCCNc2ccc(NC(=O)CC(C)C)cn2)cc1. The summed E-state index contributed by atoms with van der Waals surface area (Å²) >= 11 is 0. The van der Waals surface area contributed by atoms with Crippen LogP contribution in [0.4, 0.5) is 11.5 Å². The quantitative estimate of drug-likeness (QED) is 0.681. The predicted molar refractivity (Wildman–Crippen MR) is 99.3 cm³/mol. The number of aromatic nitrogens is 1. The van der Waals surface area contributed by atoms with Gasteiger partial charge in [0.15, 0.2) is 0 Å². The average Bonchev–Trinajstić information content (AvgIpc) is 2.60. The van der Waals surface area contributed by atoms with Gasteiger partial charge in [-0.15, -0.1) is 0 Å². The van der Waals surface area contributed by atoms with Crippen LogP contribution in [-0.4, -0.2) is 31.2 Å². The van der Waals surface area contributed by atoms with Gasteiger partial charge in [-0.1, -0.05) is 13.8 Å². The van der Waals surface area contributed by atoms with Crippen LogP contribution in [0, 0.1) is 5.92 Å². The van der Waals surface area contributed by atoms with E-state index in [0.717, 1.165) is 17.3 Å². The number of carbonyl (C=O) groups is 1. The van der Waals surface area contributed by atoms with Crippen molar-refractivity contribution in [2.75, 3.05) is 30.9 Å². The maximum absolute atomic E-state index is 11.7. The number of ether oxygens (including phenoxy) is 2. The molecule has 0 aliphatic rings. The summed E-state index contributed by atoms with van der Waals surface area (Å²) in [5.74, 6) is 2.67. The molecule has 2 rings (SSSR count). The molecule has 1 aromatic carbocycles. The standard InChI is InChI=1S/C19H25N3O3/c1-14(2)12-19(23)22-15-4-9-18(21-13-15)20-10-11-25-17-7-5-16(24-3)6-8-17/h4-9,13-14H,10-12H2,1-3H3,(H,20,21)(H,22,23). The molecular weight excluding hydrogens is 318 g/mol. The highest BCUT2D eigenvalue weighted by Crippen LogP contribution is 2.17. The molecule has 0 spiro atoms. The number of nitrogens with zero attached hydrogens (tertiary/aromatic N) is 1. The van der Waals surface area contributed by atoms with E-state index >= 15 is 0 Å². The van der Waals surface area contributed by atoms with Gasteiger partial charge in [0.1, 0.15) is 23.9 Å². The van der Waals surface area contributed by atoms with Gasteiger partial charge in [0.2, 0.25) is 5.91 Å². The van der Waals surface area contributed by atoms with Crippen LogP contribution in [0.5, 0.6) is 11.5 Å². The summed E-state index contributed by atoms with van der Waals surface area (Å²) in [6.07, 6.45) is 2.15. The lowest BCUT2D eigenvalue weighted by Gasteiger charge is -2.10. The van der Waals surface area contributed by atoms with Crippen molar-refractivity contribution in [3.63, 3.8) is 0 Å². The van der Waals surface area contributed by atoms with E-state index in [0.29, 0.717) is 31.2 Å². The van der Waals surface area contributed by atoms with E-state index in [1.807, 2.05) is 50.2 Å². The first-order valence-corrected chi connectivity index (χ1v) is 8.33. The van der Waals surface area contributed by atoms with E-state index in [4.69, 9.17) is 9.47 Å². The number of amides is 1. The van der Waals surface area contributed by atoms with Crippen molar-refractivity contribution in [3.05, 3.63) is 42.6 Å². The van der Waals surface area contributed by atoms with E-state index < -0.39 is 0 Å². The zero-order valence-corrected chi connectivity index (χ0v) is 14.9. The topological polar surface area (TPSA) is 72.5 Å². The van der Waals surface area contributed by atoms with Gasteiger partial charge < -0.3 is 20.1 Å². The second-order valence-corrected chi connectivity index (χ2v) is 6.03. The number of anilines is 2. The summed E-state index contributed by atoms with van der Waals surface area (Å²) in [7, 11) is 1.63. The number of hydrogen-bond acceptors (Lipinski definition) is 5. The molecule has 6 nitrogen and oxygen atoms in total. The molecule has 1 aromatic heterocycles. The predicted octanol–water partition coefficient (Wildman–Crippen LogP) is 3.57. The van der Waals surface area contributed by atoms with Crippen molar-refractivity contribution in [1.29, 1.82) is 0 Å². The Hall–Kier alpha value is -2.76. The van der Waals surface area contributed by atoms with E-state index in [-0.39, 0.29) is 5.91 Å². The lowest BCUT2D eigenvalue weighted by molar-refractivity contribution is -0.116. The van der Waals surface area contributed by atoms with Crippen LogP contribution in [0.15, 0.2) is 42.6 Å². The minimum absolute atomic E-state index is 0.00500. The molecule has 0 bridgehead atoms. The highest BCUT2D eigenvalue weighted by Gasteiger charge is 2.05. The van der Waals surface area contributed by atoms with Crippen molar-refractivity contribution in [3.8, 4) is 11.5 Å². The molecule has 2 aromatic rings. The van der Waals surface area contributed by atoms with Crippen LogP contribution in [0.1, 0.15) is 20.3 Å². The molecule has 134 valence electrons. The number of pyridine rings is 1. The number of hydrogen-bond donors (Lipinski definition) is 2. The first kappa shape index (κ1) is 18.6. The third-order valence-electron chi connectivity index (χ3n) is 3.38.